The Morgan fingerprint density at radius 3 is 2.71 bits per heavy atom. The average molecular weight is 293 g/mol. The molecule has 1 saturated carbocycles. The summed E-state index contributed by atoms with van der Waals surface area (Å²) in [4.78, 5) is 4.29. The smallest absolute Gasteiger partial charge is 0.137 e. The van der Waals surface area contributed by atoms with E-state index in [-0.39, 0.29) is 11.6 Å². The van der Waals surface area contributed by atoms with E-state index in [4.69, 9.17) is 15.3 Å². The van der Waals surface area contributed by atoms with E-state index in [2.05, 4.69) is 17.3 Å². The van der Waals surface area contributed by atoms with Gasteiger partial charge in [0.25, 0.3) is 0 Å². The molecule has 0 saturated heterocycles. The maximum Gasteiger partial charge on any atom is 0.137 e. The van der Waals surface area contributed by atoms with E-state index in [0.29, 0.717) is 6.61 Å². The van der Waals surface area contributed by atoms with Gasteiger partial charge >= 0.3 is 0 Å². The monoisotopic (exact) mass is 293 g/mol. The van der Waals surface area contributed by atoms with Crippen molar-refractivity contribution in [1.82, 2.24) is 10.4 Å². The van der Waals surface area contributed by atoms with Gasteiger partial charge in [-0.2, -0.15) is 0 Å². The molecule has 21 heavy (non-hydrogen) atoms. The summed E-state index contributed by atoms with van der Waals surface area (Å²) in [5, 5.41) is 0. The molecule has 0 aromatic carbocycles. The van der Waals surface area contributed by atoms with Gasteiger partial charge < -0.3 is 9.47 Å². The van der Waals surface area contributed by atoms with Gasteiger partial charge in [0.05, 0.1) is 24.4 Å². The number of hydrogen-bond acceptors (Lipinski definition) is 5. The first-order valence-electron chi connectivity index (χ1n) is 7.85. The summed E-state index contributed by atoms with van der Waals surface area (Å²) >= 11 is 0. The van der Waals surface area contributed by atoms with E-state index in [1.165, 1.54) is 19.3 Å². The van der Waals surface area contributed by atoms with E-state index < -0.39 is 0 Å². The Hall–Kier alpha value is -1.17. The predicted octanol–water partition coefficient (Wildman–Crippen LogP) is 2.72. The van der Waals surface area contributed by atoms with E-state index in [0.717, 1.165) is 30.6 Å². The minimum atomic E-state index is -0.252. The number of hydrogen-bond donors (Lipinski definition) is 2. The highest BCUT2D eigenvalue weighted by Crippen LogP contribution is 2.41. The van der Waals surface area contributed by atoms with E-state index in [1.54, 1.807) is 13.3 Å². The Morgan fingerprint density at radius 1 is 1.33 bits per heavy atom. The van der Waals surface area contributed by atoms with Crippen LogP contribution in [0.1, 0.15) is 57.1 Å². The first-order valence-corrected chi connectivity index (χ1v) is 7.85. The fourth-order valence-corrected chi connectivity index (χ4v) is 3.21. The van der Waals surface area contributed by atoms with Gasteiger partial charge in [0.2, 0.25) is 0 Å². The molecule has 1 aromatic heterocycles. The molecular formula is C16H27N3O2. The number of hydrazine groups is 1. The molecular weight excluding hydrogens is 266 g/mol. The summed E-state index contributed by atoms with van der Waals surface area (Å²) in [7, 11) is 1.78. The topological polar surface area (TPSA) is 69.4 Å². The number of nitrogens with one attached hydrogen (secondary N) is 1. The van der Waals surface area contributed by atoms with Crippen molar-refractivity contribution in [2.45, 2.75) is 57.1 Å². The Morgan fingerprint density at radius 2 is 2.10 bits per heavy atom. The summed E-state index contributed by atoms with van der Waals surface area (Å²) in [6.45, 7) is 2.78. The molecule has 5 heteroatoms. The average Bonchev–Trinajstić information content (AvgIpc) is 2.55. The molecule has 2 rings (SSSR count). The normalized spacial score (nSPS) is 19.2. The fourth-order valence-electron chi connectivity index (χ4n) is 3.21. The first kappa shape index (κ1) is 16.2. The number of aromatic nitrogens is 1. The summed E-state index contributed by atoms with van der Waals surface area (Å²) in [5.41, 5.74) is 3.71. The van der Waals surface area contributed by atoms with Crippen molar-refractivity contribution in [3.05, 3.63) is 24.0 Å². The van der Waals surface area contributed by atoms with Crippen molar-refractivity contribution in [1.29, 1.82) is 0 Å². The summed E-state index contributed by atoms with van der Waals surface area (Å²) < 4.78 is 11.6. The highest BCUT2D eigenvalue weighted by atomic mass is 16.5. The molecule has 1 aliphatic carbocycles. The van der Waals surface area contributed by atoms with Gasteiger partial charge in [-0.3, -0.25) is 16.3 Å². The van der Waals surface area contributed by atoms with E-state index in [9.17, 15) is 0 Å². The van der Waals surface area contributed by atoms with Crippen LogP contribution in [0.15, 0.2) is 18.5 Å². The van der Waals surface area contributed by atoms with Crippen LogP contribution in [0.25, 0.3) is 0 Å². The molecule has 0 spiro atoms. The van der Waals surface area contributed by atoms with Gasteiger partial charge in [0.1, 0.15) is 5.75 Å². The van der Waals surface area contributed by atoms with Crippen molar-refractivity contribution in [3.63, 3.8) is 0 Å². The molecule has 1 fully saturated rings. The van der Waals surface area contributed by atoms with Crippen LogP contribution in [0.2, 0.25) is 0 Å². The van der Waals surface area contributed by atoms with Crippen molar-refractivity contribution in [2.75, 3.05) is 13.7 Å². The van der Waals surface area contributed by atoms with Gasteiger partial charge in [-0.05, 0) is 30.9 Å². The van der Waals surface area contributed by atoms with Gasteiger partial charge in [-0.15, -0.1) is 0 Å². The number of pyridine rings is 1. The quantitative estimate of drug-likeness (QED) is 0.597. The highest BCUT2D eigenvalue weighted by Gasteiger charge is 2.40. The lowest BCUT2D eigenvalue weighted by molar-refractivity contribution is -0.0689. The van der Waals surface area contributed by atoms with Crippen LogP contribution in [-0.2, 0) is 4.74 Å². The minimum Gasteiger partial charge on any atom is -0.492 e. The fraction of sp³-hybridized carbons (Fsp3) is 0.688. The third kappa shape index (κ3) is 3.73. The summed E-state index contributed by atoms with van der Waals surface area (Å²) in [6, 6.07) is 1.95. The van der Waals surface area contributed by atoms with Crippen LogP contribution in [0.5, 0.6) is 5.75 Å². The molecule has 1 aromatic rings. The first-order chi connectivity index (χ1) is 10.3. The van der Waals surface area contributed by atoms with Gasteiger partial charge in [-0.1, -0.05) is 26.2 Å². The number of ether oxygens (including phenoxy) is 2. The van der Waals surface area contributed by atoms with Crippen LogP contribution < -0.4 is 16.0 Å². The SMILES string of the molecule is CCCOc1cncc(C(NN)C2(OC)CCCCC2)c1. The maximum atomic E-state index is 5.90. The number of methoxy groups -OCH3 is 1. The van der Waals surface area contributed by atoms with Gasteiger partial charge in [0, 0.05) is 13.3 Å². The van der Waals surface area contributed by atoms with Crippen LogP contribution in [0.3, 0.4) is 0 Å². The Labute approximate surface area is 127 Å². The van der Waals surface area contributed by atoms with Gasteiger partial charge in [0.15, 0.2) is 0 Å². The molecule has 118 valence electrons. The molecule has 0 bridgehead atoms. The zero-order valence-corrected chi connectivity index (χ0v) is 13.1. The van der Waals surface area contributed by atoms with Crippen LogP contribution >= 0.6 is 0 Å². The lowest BCUT2D eigenvalue weighted by Gasteiger charge is -2.42. The zero-order valence-electron chi connectivity index (χ0n) is 13.1. The zero-order chi connectivity index (χ0) is 15.1. The van der Waals surface area contributed by atoms with Crippen LogP contribution in [0.4, 0.5) is 0 Å². The molecule has 3 N–H and O–H groups in total. The van der Waals surface area contributed by atoms with Crippen LogP contribution in [0, 0.1) is 0 Å². The number of nitrogens with zero attached hydrogens (tertiary/aromatic N) is 1. The molecule has 0 amide bonds. The second kappa shape index (κ2) is 7.73. The second-order valence-corrected chi connectivity index (χ2v) is 5.73. The van der Waals surface area contributed by atoms with Crippen molar-refractivity contribution in [3.8, 4) is 5.75 Å². The number of nitrogens with two attached hydrogens (primary N) is 1. The van der Waals surface area contributed by atoms with Crippen molar-refractivity contribution >= 4 is 0 Å². The maximum absolute atomic E-state index is 5.90. The number of rotatable bonds is 7. The van der Waals surface area contributed by atoms with Crippen molar-refractivity contribution < 1.29 is 9.47 Å². The van der Waals surface area contributed by atoms with Crippen molar-refractivity contribution in [2.24, 2.45) is 5.84 Å². The minimum absolute atomic E-state index is 0.0690. The molecule has 1 aliphatic rings. The lowest BCUT2D eigenvalue weighted by atomic mass is 9.77. The Kier molecular flexibility index (Phi) is 5.96. The summed E-state index contributed by atoms with van der Waals surface area (Å²) in [6.07, 6.45) is 10.2. The predicted molar refractivity (Wildman–Crippen MR) is 82.9 cm³/mol. The second-order valence-electron chi connectivity index (χ2n) is 5.73. The molecule has 5 nitrogen and oxygen atoms in total. The highest BCUT2D eigenvalue weighted by molar-refractivity contribution is 5.28. The summed E-state index contributed by atoms with van der Waals surface area (Å²) in [5.74, 6) is 6.64. The molecule has 1 atom stereocenters. The molecule has 0 aliphatic heterocycles. The Balaban J connectivity index is 2.23. The largest absolute Gasteiger partial charge is 0.492 e. The van der Waals surface area contributed by atoms with E-state index >= 15 is 0 Å². The molecule has 1 heterocycles. The molecule has 1 unspecified atom stereocenters. The van der Waals surface area contributed by atoms with Crippen LogP contribution in [-0.4, -0.2) is 24.3 Å². The third-order valence-corrected chi connectivity index (χ3v) is 4.34. The van der Waals surface area contributed by atoms with Gasteiger partial charge in [-0.25, -0.2) is 0 Å². The standard InChI is InChI=1S/C16H27N3O2/c1-3-9-21-14-10-13(11-18-12-14)15(19-17)16(20-2)7-5-4-6-8-16/h10-12,15,19H,3-9,17H2,1-2H3. The van der Waals surface area contributed by atoms with E-state index in [1.807, 2.05) is 12.3 Å². The third-order valence-electron chi connectivity index (χ3n) is 4.34. The lowest BCUT2D eigenvalue weighted by Crippen LogP contribution is -2.49. The molecule has 0 radical (unpaired) electrons. The Bertz CT molecular complexity index is 433.